The number of aromatic nitrogens is 1. The lowest BCUT2D eigenvalue weighted by Gasteiger charge is -2.08. The molecule has 6 N–H and O–H groups in total. The first-order chi connectivity index (χ1) is 14.0. The minimum absolute atomic E-state index is 0.0257. The molecule has 0 aliphatic rings. The normalized spacial score (nSPS) is 12.4. The topological polar surface area (TPSA) is 125 Å². The molecule has 1 atom stereocenters. The first kappa shape index (κ1) is 20.7. The van der Waals surface area contributed by atoms with Crippen LogP contribution in [0.25, 0.3) is 11.3 Å². The molecule has 1 heterocycles. The van der Waals surface area contributed by atoms with Crippen molar-refractivity contribution in [3.05, 3.63) is 72.2 Å². The van der Waals surface area contributed by atoms with E-state index in [0.29, 0.717) is 18.6 Å². The van der Waals surface area contributed by atoms with E-state index in [4.69, 9.17) is 11.1 Å². The molecule has 0 spiro atoms. The summed E-state index contributed by atoms with van der Waals surface area (Å²) in [7, 11) is 0. The number of hydrogen-bond acceptors (Lipinski definition) is 4. The second-order valence-corrected chi connectivity index (χ2v) is 7.69. The molecule has 0 aliphatic heterocycles. The van der Waals surface area contributed by atoms with Crippen molar-refractivity contribution in [2.24, 2.45) is 10.7 Å². The monoisotopic (exact) mass is 408 g/mol. The van der Waals surface area contributed by atoms with Crippen LogP contribution < -0.4 is 21.9 Å². The lowest BCUT2D eigenvalue weighted by Crippen LogP contribution is -2.16. The Bertz CT molecular complexity index is 1010. The van der Waals surface area contributed by atoms with Gasteiger partial charge in [0, 0.05) is 30.2 Å². The zero-order valence-electron chi connectivity index (χ0n) is 16.1. The molecule has 3 rings (SSSR count). The molecular formula is C21H24N6OS. The van der Waals surface area contributed by atoms with Gasteiger partial charge in [0.25, 0.3) is 0 Å². The Labute approximate surface area is 172 Å². The summed E-state index contributed by atoms with van der Waals surface area (Å²) in [6, 6.07) is 20.7. The lowest BCUT2D eigenvalue weighted by atomic mass is 10.1. The van der Waals surface area contributed by atoms with Crippen LogP contribution >= 0.6 is 0 Å². The Morgan fingerprint density at radius 1 is 1.07 bits per heavy atom. The highest BCUT2D eigenvalue weighted by Crippen LogP contribution is 2.18. The Balaban J connectivity index is 1.71. The Hall–Kier alpha value is -3.07. The van der Waals surface area contributed by atoms with Crippen LogP contribution in [0.3, 0.4) is 0 Å². The third-order valence-electron chi connectivity index (χ3n) is 4.13. The first-order valence-electron chi connectivity index (χ1n) is 9.12. The van der Waals surface area contributed by atoms with Crippen LogP contribution in [-0.2, 0) is 11.2 Å². The van der Waals surface area contributed by atoms with E-state index in [9.17, 15) is 4.55 Å². The van der Waals surface area contributed by atoms with Gasteiger partial charge in [-0.15, -0.1) is 0 Å². The smallest absolute Gasteiger partial charge is 0.221 e. The van der Waals surface area contributed by atoms with E-state index in [-0.39, 0.29) is 5.96 Å². The molecular weight excluding hydrogens is 384 g/mol. The maximum atomic E-state index is 11.5. The molecule has 0 aliphatic carbocycles. The number of nitrogens with two attached hydrogens (primary N) is 1. The zero-order chi connectivity index (χ0) is 20.6. The maximum absolute atomic E-state index is 11.5. The molecule has 29 heavy (non-hydrogen) atoms. The van der Waals surface area contributed by atoms with Crippen LogP contribution in [0.2, 0.25) is 0 Å². The van der Waals surface area contributed by atoms with Gasteiger partial charge < -0.3 is 25.9 Å². The first-order valence-corrected chi connectivity index (χ1v) is 10.7. The SMILES string of the molecule is C[S+]([O-])c1ccc(-c2ccc/c(=N/C(=N)Nc3ccc(NCCN)cc3)[nH]2)cc1. The molecule has 0 saturated carbocycles. The molecule has 0 bridgehead atoms. The summed E-state index contributed by atoms with van der Waals surface area (Å²) in [5, 5.41) is 14.3. The summed E-state index contributed by atoms with van der Waals surface area (Å²) in [4.78, 5) is 8.29. The fourth-order valence-corrected chi connectivity index (χ4v) is 3.21. The van der Waals surface area contributed by atoms with E-state index in [1.54, 1.807) is 12.3 Å². The number of guanidine groups is 1. The maximum Gasteiger partial charge on any atom is 0.221 e. The molecule has 1 aromatic heterocycles. The van der Waals surface area contributed by atoms with Crippen molar-refractivity contribution in [2.45, 2.75) is 4.90 Å². The third-order valence-corrected chi connectivity index (χ3v) is 5.07. The van der Waals surface area contributed by atoms with Gasteiger partial charge in [-0.05, 0) is 77.4 Å². The predicted octanol–water partition coefficient (Wildman–Crippen LogP) is 2.74. The average Bonchev–Trinajstić information content (AvgIpc) is 2.73. The molecule has 0 saturated heterocycles. The summed E-state index contributed by atoms with van der Waals surface area (Å²) >= 11 is -1.00. The summed E-state index contributed by atoms with van der Waals surface area (Å²) in [6.45, 7) is 1.28. The van der Waals surface area contributed by atoms with Crippen molar-refractivity contribution in [3.8, 4) is 11.3 Å². The van der Waals surface area contributed by atoms with E-state index in [1.807, 2.05) is 60.7 Å². The largest absolute Gasteiger partial charge is 0.612 e. The summed E-state index contributed by atoms with van der Waals surface area (Å²) < 4.78 is 11.5. The number of anilines is 2. The number of H-pyrrole nitrogens is 1. The Morgan fingerprint density at radius 3 is 2.41 bits per heavy atom. The average molecular weight is 409 g/mol. The molecule has 7 nitrogen and oxygen atoms in total. The highest BCUT2D eigenvalue weighted by Gasteiger charge is 2.05. The molecule has 3 aromatic rings. The fraction of sp³-hybridized carbons (Fsp3) is 0.143. The van der Waals surface area contributed by atoms with Gasteiger partial charge in [-0.2, -0.15) is 4.99 Å². The van der Waals surface area contributed by atoms with E-state index in [1.165, 1.54) is 0 Å². The fourth-order valence-electron chi connectivity index (χ4n) is 2.69. The van der Waals surface area contributed by atoms with Crippen LogP contribution in [0.5, 0.6) is 0 Å². The van der Waals surface area contributed by atoms with Crippen LogP contribution in [-0.4, -0.2) is 34.8 Å². The van der Waals surface area contributed by atoms with E-state index in [0.717, 1.165) is 27.5 Å². The van der Waals surface area contributed by atoms with Gasteiger partial charge in [0.2, 0.25) is 5.96 Å². The van der Waals surface area contributed by atoms with Gasteiger partial charge in [0.15, 0.2) is 4.90 Å². The highest BCUT2D eigenvalue weighted by atomic mass is 32.2. The zero-order valence-corrected chi connectivity index (χ0v) is 16.9. The Morgan fingerprint density at radius 2 is 1.76 bits per heavy atom. The molecule has 0 amide bonds. The Kier molecular flexibility index (Phi) is 7.07. The van der Waals surface area contributed by atoms with Gasteiger partial charge in [-0.1, -0.05) is 6.07 Å². The van der Waals surface area contributed by atoms with Gasteiger partial charge >= 0.3 is 0 Å². The summed E-state index contributed by atoms with van der Waals surface area (Å²) in [5.41, 5.74) is 9.61. The lowest BCUT2D eigenvalue weighted by molar-refractivity contribution is 0.601. The number of pyridine rings is 1. The predicted molar refractivity (Wildman–Crippen MR) is 119 cm³/mol. The van der Waals surface area contributed by atoms with E-state index >= 15 is 0 Å². The van der Waals surface area contributed by atoms with Crippen molar-refractivity contribution in [2.75, 3.05) is 30.0 Å². The summed E-state index contributed by atoms with van der Waals surface area (Å²) in [5.74, 6) is 0.0257. The van der Waals surface area contributed by atoms with Crippen LogP contribution in [0, 0.1) is 5.41 Å². The molecule has 8 heteroatoms. The molecule has 150 valence electrons. The molecule has 1 unspecified atom stereocenters. The molecule has 2 aromatic carbocycles. The van der Waals surface area contributed by atoms with Crippen LogP contribution in [0.1, 0.15) is 0 Å². The minimum Gasteiger partial charge on any atom is -0.612 e. The van der Waals surface area contributed by atoms with Crippen molar-refractivity contribution >= 4 is 28.5 Å². The number of hydrogen-bond donors (Lipinski definition) is 5. The number of rotatable bonds is 6. The number of benzene rings is 2. The van der Waals surface area contributed by atoms with Gasteiger partial charge in [-0.25, -0.2) is 0 Å². The standard InChI is InChI=1S/C21H24N6OS/c1-29(28)18-11-5-15(6-12-18)19-3-2-4-20(26-19)27-21(23)25-17-9-7-16(8-10-17)24-14-13-22/h2-12,24H,13-14,22H2,1H3,(H3,23,25,26,27). The van der Waals surface area contributed by atoms with Crippen molar-refractivity contribution in [3.63, 3.8) is 0 Å². The number of nitrogens with zero attached hydrogens (tertiary/aromatic N) is 1. The van der Waals surface area contributed by atoms with Gasteiger partial charge in [-0.3, -0.25) is 5.41 Å². The molecule has 0 radical (unpaired) electrons. The van der Waals surface area contributed by atoms with Crippen molar-refractivity contribution < 1.29 is 4.55 Å². The summed E-state index contributed by atoms with van der Waals surface area (Å²) in [6.07, 6.45) is 1.66. The van der Waals surface area contributed by atoms with Crippen molar-refractivity contribution in [1.29, 1.82) is 5.41 Å². The van der Waals surface area contributed by atoms with E-state index in [2.05, 4.69) is 20.6 Å². The van der Waals surface area contributed by atoms with Crippen molar-refractivity contribution in [1.82, 2.24) is 4.98 Å². The van der Waals surface area contributed by atoms with Crippen LogP contribution in [0.15, 0.2) is 76.6 Å². The quantitative estimate of drug-likeness (QED) is 0.244. The number of aromatic amines is 1. The number of nitrogens with one attached hydrogen (secondary N) is 4. The van der Waals surface area contributed by atoms with E-state index < -0.39 is 11.2 Å². The van der Waals surface area contributed by atoms with Gasteiger partial charge in [0.1, 0.15) is 11.7 Å². The highest BCUT2D eigenvalue weighted by molar-refractivity contribution is 7.90. The minimum atomic E-state index is -1.00. The molecule has 0 fully saturated rings. The van der Waals surface area contributed by atoms with Gasteiger partial charge in [0.05, 0.1) is 0 Å². The van der Waals surface area contributed by atoms with Crippen LogP contribution in [0.4, 0.5) is 11.4 Å². The second-order valence-electron chi connectivity index (χ2n) is 6.31. The second kappa shape index (κ2) is 9.92. The third kappa shape index (κ3) is 5.95.